The Morgan fingerprint density at radius 1 is 1.15 bits per heavy atom. The third-order valence-electron chi connectivity index (χ3n) is 4.44. The Balaban J connectivity index is 2.11. The molecular weight excluding hydrogens is 257 g/mol. The molecule has 0 spiro atoms. The molecular formula is C16H22FNO2. The van der Waals surface area contributed by atoms with Crippen LogP contribution in [0.2, 0.25) is 0 Å². The van der Waals surface area contributed by atoms with Gasteiger partial charge >= 0.3 is 0 Å². The Bertz CT molecular complexity index is 516. The number of hydrogen-bond acceptors (Lipinski definition) is 3. The summed E-state index contributed by atoms with van der Waals surface area (Å²) >= 11 is 0. The molecule has 1 aliphatic heterocycles. The lowest BCUT2D eigenvalue weighted by molar-refractivity contribution is 0.170. The molecule has 3 nitrogen and oxygen atoms in total. The van der Waals surface area contributed by atoms with Crippen molar-refractivity contribution >= 4 is 0 Å². The largest absolute Gasteiger partial charge is 0.454 e. The van der Waals surface area contributed by atoms with Gasteiger partial charge in [0.1, 0.15) is 5.67 Å². The summed E-state index contributed by atoms with van der Waals surface area (Å²) in [5.41, 5.74) is 6.29. The Labute approximate surface area is 119 Å². The monoisotopic (exact) mass is 279 g/mol. The molecule has 4 heteroatoms. The number of rotatable bonds is 2. The highest BCUT2D eigenvalue weighted by Crippen LogP contribution is 2.47. The van der Waals surface area contributed by atoms with Crippen LogP contribution in [0.25, 0.3) is 0 Å². The maximum Gasteiger partial charge on any atom is 0.231 e. The van der Waals surface area contributed by atoms with Crippen molar-refractivity contribution in [3.8, 4) is 11.5 Å². The molecule has 1 aromatic rings. The molecule has 1 saturated carbocycles. The average molecular weight is 279 g/mol. The number of fused-ring (bicyclic) bond motifs is 1. The summed E-state index contributed by atoms with van der Waals surface area (Å²) in [7, 11) is 0. The van der Waals surface area contributed by atoms with Gasteiger partial charge in [-0.1, -0.05) is 19.3 Å². The Hall–Kier alpha value is -1.29. The van der Waals surface area contributed by atoms with Crippen LogP contribution in [0.3, 0.4) is 0 Å². The van der Waals surface area contributed by atoms with E-state index >= 15 is 0 Å². The fourth-order valence-electron chi connectivity index (χ4n) is 3.18. The molecule has 20 heavy (non-hydrogen) atoms. The van der Waals surface area contributed by atoms with Crippen molar-refractivity contribution in [2.45, 2.75) is 57.2 Å². The standard InChI is InChI=1S/C16H22FNO2/c1-15(2,17)11-8-12(14-13(9-11)19-10-20-14)16(18)6-4-3-5-7-16/h8-9H,3-7,10,18H2,1-2H3. The maximum absolute atomic E-state index is 14.3. The van der Waals surface area contributed by atoms with Crippen LogP contribution in [0, 0.1) is 0 Å². The molecule has 2 aliphatic rings. The molecule has 0 bridgehead atoms. The third-order valence-corrected chi connectivity index (χ3v) is 4.44. The van der Waals surface area contributed by atoms with E-state index in [1.807, 2.05) is 6.07 Å². The van der Waals surface area contributed by atoms with Crippen LogP contribution in [-0.4, -0.2) is 6.79 Å². The fraction of sp³-hybridized carbons (Fsp3) is 0.625. The van der Waals surface area contributed by atoms with E-state index in [-0.39, 0.29) is 6.79 Å². The van der Waals surface area contributed by atoms with Gasteiger partial charge in [-0.05, 0) is 44.4 Å². The first-order chi connectivity index (χ1) is 9.40. The van der Waals surface area contributed by atoms with Crippen molar-refractivity contribution in [3.05, 3.63) is 23.3 Å². The van der Waals surface area contributed by atoms with Gasteiger partial charge in [-0.3, -0.25) is 0 Å². The predicted octanol–water partition coefficient (Wildman–Crippen LogP) is 3.74. The summed E-state index contributed by atoms with van der Waals surface area (Å²) in [5.74, 6) is 1.33. The van der Waals surface area contributed by atoms with Crippen molar-refractivity contribution in [2.24, 2.45) is 5.73 Å². The van der Waals surface area contributed by atoms with Gasteiger partial charge in [-0.15, -0.1) is 0 Å². The fourth-order valence-corrected chi connectivity index (χ4v) is 3.18. The van der Waals surface area contributed by atoms with Crippen LogP contribution in [0.1, 0.15) is 57.1 Å². The molecule has 3 rings (SSSR count). The number of alkyl halides is 1. The smallest absolute Gasteiger partial charge is 0.231 e. The van der Waals surface area contributed by atoms with Gasteiger partial charge in [0.05, 0.1) is 0 Å². The minimum atomic E-state index is -1.42. The number of ether oxygens (including phenoxy) is 2. The number of benzene rings is 1. The summed E-state index contributed by atoms with van der Waals surface area (Å²) in [6, 6.07) is 3.61. The summed E-state index contributed by atoms with van der Waals surface area (Å²) in [6.45, 7) is 3.30. The Kier molecular flexibility index (Phi) is 3.16. The van der Waals surface area contributed by atoms with E-state index in [0.29, 0.717) is 17.1 Å². The first-order valence-corrected chi connectivity index (χ1v) is 7.33. The molecule has 0 amide bonds. The topological polar surface area (TPSA) is 44.5 Å². The summed E-state index contributed by atoms with van der Waals surface area (Å²) in [6.07, 6.45) is 5.26. The normalized spacial score (nSPS) is 21.0. The number of hydrogen-bond donors (Lipinski definition) is 1. The Morgan fingerprint density at radius 2 is 1.85 bits per heavy atom. The zero-order chi connectivity index (χ0) is 14.4. The SMILES string of the molecule is CC(C)(F)c1cc2c(c(C3(N)CCCCC3)c1)OCO2. The van der Waals surface area contributed by atoms with Crippen molar-refractivity contribution in [1.29, 1.82) is 0 Å². The first kappa shape index (κ1) is 13.7. The minimum Gasteiger partial charge on any atom is -0.454 e. The molecule has 0 aromatic heterocycles. The second-order valence-electron chi connectivity index (χ2n) is 6.45. The molecule has 1 aromatic carbocycles. The summed E-state index contributed by atoms with van der Waals surface area (Å²) < 4.78 is 25.4. The van der Waals surface area contributed by atoms with Crippen molar-refractivity contribution in [1.82, 2.24) is 0 Å². The molecule has 1 fully saturated rings. The highest BCUT2D eigenvalue weighted by atomic mass is 19.1. The van der Waals surface area contributed by atoms with E-state index < -0.39 is 11.2 Å². The van der Waals surface area contributed by atoms with Gasteiger partial charge in [0.15, 0.2) is 11.5 Å². The predicted molar refractivity (Wildman–Crippen MR) is 75.6 cm³/mol. The molecule has 2 N–H and O–H groups in total. The quantitative estimate of drug-likeness (QED) is 0.897. The minimum absolute atomic E-state index is 0.189. The van der Waals surface area contributed by atoms with Gasteiger partial charge < -0.3 is 15.2 Å². The van der Waals surface area contributed by atoms with Crippen LogP contribution < -0.4 is 15.2 Å². The highest BCUT2D eigenvalue weighted by molar-refractivity contribution is 5.54. The van der Waals surface area contributed by atoms with E-state index in [1.54, 1.807) is 19.9 Å². The van der Waals surface area contributed by atoms with Gasteiger partial charge in [0, 0.05) is 11.1 Å². The molecule has 0 atom stereocenters. The van der Waals surface area contributed by atoms with Crippen molar-refractivity contribution < 1.29 is 13.9 Å². The van der Waals surface area contributed by atoms with Crippen LogP contribution in [0.4, 0.5) is 4.39 Å². The molecule has 1 aliphatic carbocycles. The van der Waals surface area contributed by atoms with Gasteiger partial charge in [-0.25, -0.2) is 4.39 Å². The molecule has 110 valence electrons. The lowest BCUT2D eigenvalue weighted by Crippen LogP contribution is -2.39. The summed E-state index contributed by atoms with van der Waals surface area (Å²) in [5, 5.41) is 0. The van der Waals surface area contributed by atoms with Crippen LogP contribution in [-0.2, 0) is 11.2 Å². The zero-order valence-electron chi connectivity index (χ0n) is 12.2. The van der Waals surface area contributed by atoms with E-state index in [9.17, 15) is 4.39 Å². The van der Waals surface area contributed by atoms with E-state index in [2.05, 4.69) is 0 Å². The Morgan fingerprint density at radius 3 is 2.50 bits per heavy atom. The lowest BCUT2D eigenvalue weighted by Gasteiger charge is -2.35. The molecule has 0 unspecified atom stereocenters. The van der Waals surface area contributed by atoms with Crippen molar-refractivity contribution in [2.75, 3.05) is 6.79 Å². The highest BCUT2D eigenvalue weighted by Gasteiger charge is 2.37. The van der Waals surface area contributed by atoms with Gasteiger partial charge in [0.25, 0.3) is 0 Å². The summed E-state index contributed by atoms with van der Waals surface area (Å²) in [4.78, 5) is 0. The van der Waals surface area contributed by atoms with E-state index in [0.717, 1.165) is 31.2 Å². The first-order valence-electron chi connectivity index (χ1n) is 7.33. The molecule has 0 radical (unpaired) electrons. The number of halogens is 1. The van der Waals surface area contributed by atoms with E-state index in [1.165, 1.54) is 6.42 Å². The third kappa shape index (κ3) is 2.26. The zero-order valence-corrected chi connectivity index (χ0v) is 12.2. The second-order valence-corrected chi connectivity index (χ2v) is 6.45. The maximum atomic E-state index is 14.3. The van der Waals surface area contributed by atoms with Crippen LogP contribution in [0.5, 0.6) is 11.5 Å². The van der Waals surface area contributed by atoms with Crippen molar-refractivity contribution in [3.63, 3.8) is 0 Å². The van der Waals surface area contributed by atoms with Crippen LogP contribution in [0.15, 0.2) is 12.1 Å². The number of nitrogens with two attached hydrogens (primary N) is 1. The van der Waals surface area contributed by atoms with Gasteiger partial charge in [0.2, 0.25) is 6.79 Å². The second kappa shape index (κ2) is 4.62. The van der Waals surface area contributed by atoms with E-state index in [4.69, 9.17) is 15.2 Å². The van der Waals surface area contributed by atoms with Crippen LogP contribution >= 0.6 is 0 Å². The average Bonchev–Trinajstić information content (AvgIpc) is 2.85. The molecule has 0 saturated heterocycles. The van der Waals surface area contributed by atoms with Gasteiger partial charge in [-0.2, -0.15) is 0 Å². The molecule has 1 heterocycles. The lowest BCUT2D eigenvalue weighted by atomic mass is 9.76.